The van der Waals surface area contributed by atoms with Gasteiger partial charge in [-0.05, 0) is 25.1 Å². The Hall–Kier alpha value is -2.41. The van der Waals surface area contributed by atoms with Crippen LogP contribution in [-0.4, -0.2) is 29.1 Å². The minimum absolute atomic E-state index is 0.0837. The van der Waals surface area contributed by atoms with Crippen molar-refractivity contribution in [2.24, 2.45) is 0 Å². The first-order valence-electron chi connectivity index (χ1n) is 5.96. The summed E-state index contributed by atoms with van der Waals surface area (Å²) in [5, 5.41) is 6.47. The van der Waals surface area contributed by atoms with E-state index in [0.29, 0.717) is 16.5 Å². The molecule has 0 aliphatic heterocycles. The monoisotopic (exact) mass is 309 g/mol. The van der Waals surface area contributed by atoms with E-state index in [4.69, 9.17) is 16.1 Å². The lowest BCUT2D eigenvalue weighted by Gasteiger charge is -2.08. The van der Waals surface area contributed by atoms with Crippen molar-refractivity contribution >= 4 is 29.2 Å². The summed E-state index contributed by atoms with van der Waals surface area (Å²) >= 11 is 5.98. The zero-order valence-electron chi connectivity index (χ0n) is 11.3. The summed E-state index contributed by atoms with van der Waals surface area (Å²) in [5.74, 6) is -0.258. The Bertz CT molecular complexity index is 684. The van der Waals surface area contributed by atoms with E-state index in [0.717, 1.165) is 0 Å². The van der Waals surface area contributed by atoms with E-state index in [1.54, 1.807) is 6.92 Å². The summed E-state index contributed by atoms with van der Waals surface area (Å²) in [6.45, 7) is 1.65. The second-order valence-corrected chi connectivity index (χ2v) is 4.55. The molecule has 0 radical (unpaired) electrons. The highest BCUT2D eigenvalue weighted by atomic mass is 35.5. The molecule has 0 aliphatic rings. The topological polar surface area (TPSA) is 94.3 Å². The Morgan fingerprint density at radius 2 is 2.19 bits per heavy atom. The fourth-order valence-electron chi connectivity index (χ4n) is 1.61. The molecule has 21 heavy (non-hydrogen) atoms. The van der Waals surface area contributed by atoms with E-state index in [-0.39, 0.29) is 23.8 Å². The second-order valence-electron chi connectivity index (χ2n) is 4.15. The average molecular weight is 310 g/mol. The molecule has 0 fully saturated rings. The van der Waals surface area contributed by atoms with Crippen LogP contribution >= 0.6 is 11.6 Å². The Morgan fingerprint density at radius 3 is 2.81 bits per heavy atom. The first-order valence-corrected chi connectivity index (χ1v) is 6.34. The number of ether oxygens (including phenoxy) is 1. The van der Waals surface area contributed by atoms with Crippen LogP contribution in [0.25, 0.3) is 0 Å². The van der Waals surface area contributed by atoms with Gasteiger partial charge < -0.3 is 14.6 Å². The van der Waals surface area contributed by atoms with E-state index in [1.165, 1.54) is 25.3 Å². The van der Waals surface area contributed by atoms with Crippen molar-refractivity contribution < 1.29 is 18.8 Å². The smallest absolute Gasteiger partial charge is 0.337 e. The molecule has 7 nitrogen and oxygen atoms in total. The first-order chi connectivity index (χ1) is 9.99. The lowest BCUT2D eigenvalue weighted by atomic mass is 10.2. The summed E-state index contributed by atoms with van der Waals surface area (Å²) in [4.78, 5) is 27.3. The molecule has 0 aliphatic carbocycles. The Kier molecular flexibility index (Phi) is 4.54. The van der Waals surface area contributed by atoms with Crippen molar-refractivity contribution in [3.63, 3.8) is 0 Å². The molecule has 110 valence electrons. The summed E-state index contributed by atoms with van der Waals surface area (Å²) < 4.78 is 9.46. The van der Waals surface area contributed by atoms with E-state index < -0.39 is 5.97 Å². The molecule has 1 N–H and O–H groups in total. The molecule has 8 heteroatoms. The Labute approximate surface area is 125 Å². The van der Waals surface area contributed by atoms with Gasteiger partial charge in [-0.15, -0.1) is 0 Å². The molecular weight excluding hydrogens is 298 g/mol. The predicted octanol–water partition coefficient (Wildman–Crippen LogP) is 2.00. The molecule has 0 saturated carbocycles. The number of amides is 1. The molecule has 0 atom stereocenters. The zero-order valence-corrected chi connectivity index (χ0v) is 12.1. The van der Waals surface area contributed by atoms with Crippen molar-refractivity contribution in [2.45, 2.75) is 13.3 Å². The molecule has 2 aromatic rings. The zero-order chi connectivity index (χ0) is 15.4. The number of aromatic nitrogens is 2. The maximum atomic E-state index is 11.9. The molecule has 1 aromatic heterocycles. The third-order valence-electron chi connectivity index (χ3n) is 2.54. The van der Waals surface area contributed by atoms with Crippen molar-refractivity contribution in [2.75, 3.05) is 12.4 Å². The van der Waals surface area contributed by atoms with E-state index in [2.05, 4.69) is 20.2 Å². The molecule has 0 unspecified atom stereocenters. The third-order valence-corrected chi connectivity index (χ3v) is 2.87. The van der Waals surface area contributed by atoms with Crippen LogP contribution in [0.4, 0.5) is 5.69 Å². The van der Waals surface area contributed by atoms with Crippen LogP contribution < -0.4 is 5.32 Å². The number of hydrogen-bond donors (Lipinski definition) is 1. The number of carbonyl (C=O) groups is 2. The average Bonchev–Trinajstić information content (AvgIpc) is 2.85. The number of rotatable bonds is 4. The molecule has 1 amide bonds. The van der Waals surface area contributed by atoms with Crippen LogP contribution in [0.1, 0.15) is 22.1 Å². The van der Waals surface area contributed by atoms with Gasteiger partial charge in [-0.2, -0.15) is 4.98 Å². The number of methoxy groups -OCH3 is 1. The van der Waals surface area contributed by atoms with Crippen LogP contribution in [0.2, 0.25) is 5.02 Å². The number of halogens is 1. The summed E-state index contributed by atoms with van der Waals surface area (Å²) in [6.07, 6.45) is -0.0837. The van der Waals surface area contributed by atoms with Gasteiger partial charge in [-0.3, -0.25) is 4.79 Å². The minimum Gasteiger partial charge on any atom is -0.465 e. The standard InChI is InChI=1S/C13H12ClN3O4/c1-7-15-12(21-17-7)6-11(18)16-10-5-8(13(19)20-2)3-4-9(10)14/h3-5H,6H2,1-2H3,(H,16,18). The van der Waals surface area contributed by atoms with Gasteiger partial charge in [0.05, 0.1) is 23.4 Å². The number of anilines is 1. The van der Waals surface area contributed by atoms with Gasteiger partial charge in [0.15, 0.2) is 5.82 Å². The van der Waals surface area contributed by atoms with Crippen molar-refractivity contribution in [3.8, 4) is 0 Å². The molecule has 0 spiro atoms. The van der Waals surface area contributed by atoms with Crippen LogP contribution in [0.5, 0.6) is 0 Å². The first kappa shape index (κ1) is 15.0. The number of hydrogen-bond acceptors (Lipinski definition) is 6. The van der Waals surface area contributed by atoms with Gasteiger partial charge in [0.1, 0.15) is 6.42 Å². The number of aryl methyl sites for hydroxylation is 1. The maximum absolute atomic E-state index is 11.9. The number of nitrogens with one attached hydrogen (secondary N) is 1. The summed E-state index contributed by atoms with van der Waals surface area (Å²) in [5.41, 5.74) is 0.589. The fourth-order valence-corrected chi connectivity index (χ4v) is 1.77. The van der Waals surface area contributed by atoms with Crippen molar-refractivity contribution in [1.29, 1.82) is 0 Å². The number of benzene rings is 1. The highest BCUT2D eigenvalue weighted by Gasteiger charge is 2.14. The SMILES string of the molecule is COC(=O)c1ccc(Cl)c(NC(=O)Cc2nc(C)no2)c1. The van der Waals surface area contributed by atoms with Crippen molar-refractivity contribution in [1.82, 2.24) is 10.1 Å². The molecule has 1 heterocycles. The normalized spacial score (nSPS) is 10.2. The predicted molar refractivity (Wildman–Crippen MR) is 74.2 cm³/mol. The van der Waals surface area contributed by atoms with Crippen LogP contribution in [0.3, 0.4) is 0 Å². The van der Waals surface area contributed by atoms with Gasteiger partial charge in [-0.25, -0.2) is 4.79 Å². The summed E-state index contributed by atoms with van der Waals surface area (Å²) in [7, 11) is 1.27. The second kappa shape index (κ2) is 6.36. The van der Waals surface area contributed by atoms with Crippen LogP contribution in [-0.2, 0) is 16.0 Å². The molecule has 1 aromatic carbocycles. The fraction of sp³-hybridized carbons (Fsp3) is 0.231. The highest BCUT2D eigenvalue weighted by Crippen LogP contribution is 2.23. The largest absolute Gasteiger partial charge is 0.465 e. The van der Waals surface area contributed by atoms with Crippen LogP contribution in [0.15, 0.2) is 22.7 Å². The lowest BCUT2D eigenvalue weighted by molar-refractivity contribution is -0.115. The summed E-state index contributed by atoms with van der Waals surface area (Å²) in [6, 6.07) is 4.44. The van der Waals surface area contributed by atoms with Crippen molar-refractivity contribution in [3.05, 3.63) is 40.5 Å². The molecule has 0 saturated heterocycles. The van der Waals surface area contributed by atoms with E-state index >= 15 is 0 Å². The van der Waals surface area contributed by atoms with Gasteiger partial charge in [0, 0.05) is 0 Å². The lowest BCUT2D eigenvalue weighted by Crippen LogP contribution is -2.15. The molecule has 0 bridgehead atoms. The van der Waals surface area contributed by atoms with Gasteiger partial charge in [0.2, 0.25) is 11.8 Å². The number of nitrogens with zero attached hydrogens (tertiary/aromatic N) is 2. The van der Waals surface area contributed by atoms with Crippen LogP contribution in [0, 0.1) is 6.92 Å². The number of esters is 1. The van der Waals surface area contributed by atoms with Gasteiger partial charge >= 0.3 is 5.97 Å². The van der Waals surface area contributed by atoms with E-state index in [9.17, 15) is 9.59 Å². The molecular formula is C13H12ClN3O4. The number of carbonyl (C=O) groups excluding carboxylic acids is 2. The highest BCUT2D eigenvalue weighted by molar-refractivity contribution is 6.33. The quantitative estimate of drug-likeness (QED) is 0.868. The Morgan fingerprint density at radius 1 is 1.43 bits per heavy atom. The Balaban J connectivity index is 2.11. The van der Waals surface area contributed by atoms with E-state index in [1.807, 2.05) is 0 Å². The van der Waals surface area contributed by atoms with Gasteiger partial charge in [0.25, 0.3) is 0 Å². The molecule has 2 rings (SSSR count). The third kappa shape index (κ3) is 3.79. The maximum Gasteiger partial charge on any atom is 0.337 e. The van der Waals surface area contributed by atoms with Gasteiger partial charge in [-0.1, -0.05) is 16.8 Å². The minimum atomic E-state index is -0.519.